The van der Waals surface area contributed by atoms with Crippen LogP contribution in [0.25, 0.3) is 0 Å². The summed E-state index contributed by atoms with van der Waals surface area (Å²) < 4.78 is 29.6. The Hall–Kier alpha value is -4.71. The van der Waals surface area contributed by atoms with E-state index in [1.165, 1.54) is 39.8 Å². The first-order chi connectivity index (χ1) is 28.4. The van der Waals surface area contributed by atoms with Gasteiger partial charge in [-0.05, 0) is 75.4 Å². The van der Waals surface area contributed by atoms with Gasteiger partial charge in [-0.2, -0.15) is 0 Å². The maximum absolute atomic E-state index is 15.0. The molecule has 1 saturated heterocycles. The van der Waals surface area contributed by atoms with Crippen LogP contribution in [0.15, 0.2) is 65.7 Å². The predicted octanol–water partition coefficient (Wildman–Crippen LogP) is 2.79. The number of rotatable bonds is 10. The summed E-state index contributed by atoms with van der Waals surface area (Å²) in [5.74, 6) is -5.46. The first-order valence-electron chi connectivity index (χ1n) is 20.4. The van der Waals surface area contributed by atoms with E-state index in [9.17, 15) is 44.7 Å². The van der Waals surface area contributed by atoms with Crippen LogP contribution in [0.5, 0.6) is 0 Å². The number of alkyl carbamates (subject to hydrolysis) is 1. The molecule has 1 aliphatic heterocycles. The van der Waals surface area contributed by atoms with Crippen LogP contribution in [0.1, 0.15) is 95.8 Å². The summed E-state index contributed by atoms with van der Waals surface area (Å²) in [6, 6.07) is 12.8. The zero-order valence-electron chi connectivity index (χ0n) is 35.7. The molecule has 1 heterocycles. The number of carbonyl (C=O) groups excluding carboxylic acids is 5. The van der Waals surface area contributed by atoms with Crippen LogP contribution in [0, 0.1) is 16.7 Å². The van der Waals surface area contributed by atoms with Crippen molar-refractivity contribution < 1.29 is 73.2 Å². The molecule has 6 N–H and O–H groups in total. The molecular weight excluding hydrogens is 794 g/mol. The average Bonchev–Trinajstić information content (AvgIpc) is 3.17. The van der Waals surface area contributed by atoms with Gasteiger partial charge in [0.25, 0.3) is 0 Å². The van der Waals surface area contributed by atoms with E-state index in [0.717, 1.165) is 6.92 Å². The SMILES string of the molecule is CC(=O)O[C@@]12CO[C@@H]1C[C@H](O)[C@@]1(C)C(=O)[C@H](O)C3=C(C)[C@@H](OC(=O)[C@H](O)[C@@H](NC(=O)OC(C)(C)C)c4cccc(CCO)c4)C[C@@](O)([C@@H](OC(=O)c4ccccc4)[C@H]21)C3(C)C. The molecule has 2 aromatic rings. The lowest BCUT2D eigenvalue weighted by molar-refractivity contribution is -0.346. The Morgan fingerprint density at radius 1 is 1.00 bits per heavy atom. The molecular formula is C45H57NO15. The number of aliphatic hydroxyl groups excluding tert-OH is 4. The van der Waals surface area contributed by atoms with E-state index in [0.29, 0.717) is 5.56 Å². The van der Waals surface area contributed by atoms with Gasteiger partial charge in [0.15, 0.2) is 17.5 Å². The van der Waals surface area contributed by atoms with Gasteiger partial charge in [-0.1, -0.05) is 56.3 Å². The lowest BCUT2D eigenvalue weighted by Gasteiger charge is -2.67. The molecule has 3 fully saturated rings. The van der Waals surface area contributed by atoms with Crippen molar-refractivity contribution in [1.29, 1.82) is 0 Å². The monoisotopic (exact) mass is 851 g/mol. The Bertz CT molecular complexity index is 2080. The molecule has 61 heavy (non-hydrogen) atoms. The molecule has 0 radical (unpaired) electrons. The molecule has 6 rings (SSSR count). The summed E-state index contributed by atoms with van der Waals surface area (Å²) in [5.41, 5.74) is -7.75. The fourth-order valence-corrected chi connectivity index (χ4v) is 9.97. The number of ketones is 1. The molecule has 2 saturated carbocycles. The van der Waals surface area contributed by atoms with Crippen LogP contribution in [-0.2, 0) is 44.5 Å². The van der Waals surface area contributed by atoms with Crippen LogP contribution in [0.3, 0.4) is 0 Å². The maximum atomic E-state index is 15.0. The summed E-state index contributed by atoms with van der Waals surface area (Å²) in [5, 5.41) is 61.5. The van der Waals surface area contributed by atoms with Crippen LogP contribution >= 0.6 is 0 Å². The minimum Gasteiger partial charge on any atom is -0.456 e. The van der Waals surface area contributed by atoms with Crippen LogP contribution in [0.2, 0.25) is 0 Å². The summed E-state index contributed by atoms with van der Waals surface area (Å²) in [6.45, 7) is 11.5. The van der Waals surface area contributed by atoms with E-state index < -0.39 is 112 Å². The third-order valence-electron chi connectivity index (χ3n) is 13.1. The Morgan fingerprint density at radius 3 is 2.26 bits per heavy atom. The Balaban J connectivity index is 1.48. The first-order valence-corrected chi connectivity index (χ1v) is 20.4. The highest BCUT2D eigenvalue weighted by Gasteiger charge is 2.78. The van der Waals surface area contributed by atoms with Crippen molar-refractivity contribution in [2.75, 3.05) is 13.2 Å². The van der Waals surface area contributed by atoms with Crippen molar-refractivity contribution in [1.82, 2.24) is 5.32 Å². The second-order valence-electron chi connectivity index (χ2n) is 18.4. The standard InChI is InChI=1S/C45H57NO15/c1-23-28(58-39(54)34(51)32(46-40(55)61-41(3,4)5)27-16-12-13-25(19-27)17-18-47)21-45(56)37(59-38(53)26-14-10-9-11-15-26)35-43(8,36(52)33(50)31(23)42(45,6)7)29(49)20-30-44(35,22-57-30)60-24(2)48/h9-16,19,28-30,32-35,37,47,49-51,56H,17-18,20-22H2,1-8H3,(H,46,55)/t28-,29-,30+,32-,33+,34+,35-,37-,43+,44-,45+/m0/s1. The van der Waals surface area contributed by atoms with E-state index in [-0.39, 0.29) is 48.3 Å². The predicted molar refractivity (Wildman–Crippen MR) is 214 cm³/mol. The molecule has 16 nitrogen and oxygen atoms in total. The maximum Gasteiger partial charge on any atom is 0.408 e. The zero-order chi connectivity index (χ0) is 45.0. The summed E-state index contributed by atoms with van der Waals surface area (Å²) >= 11 is 0. The fourth-order valence-electron chi connectivity index (χ4n) is 9.97. The first kappa shape index (κ1) is 45.8. The molecule has 0 aromatic heterocycles. The third-order valence-corrected chi connectivity index (χ3v) is 13.1. The third kappa shape index (κ3) is 7.98. The number of benzene rings is 2. The van der Waals surface area contributed by atoms with Gasteiger partial charge < -0.3 is 54.5 Å². The molecule has 2 aromatic carbocycles. The summed E-state index contributed by atoms with van der Waals surface area (Å²) in [6.07, 6.45) is -11.5. The van der Waals surface area contributed by atoms with Crippen molar-refractivity contribution in [3.8, 4) is 0 Å². The Morgan fingerprint density at radius 2 is 1.67 bits per heavy atom. The summed E-state index contributed by atoms with van der Waals surface area (Å²) in [7, 11) is 0. The fraction of sp³-hybridized carbons (Fsp3) is 0.578. The lowest BCUT2D eigenvalue weighted by Crippen LogP contribution is -2.81. The summed E-state index contributed by atoms with van der Waals surface area (Å²) in [4.78, 5) is 69.4. The van der Waals surface area contributed by atoms with Gasteiger partial charge >= 0.3 is 24.0 Å². The lowest BCUT2D eigenvalue weighted by atomic mass is 9.44. The number of ether oxygens (including phenoxy) is 5. The Labute approximate surface area is 354 Å². The highest BCUT2D eigenvalue weighted by atomic mass is 16.6. The zero-order valence-corrected chi connectivity index (χ0v) is 35.7. The topological polar surface area (TPSA) is 245 Å². The number of carbonyl (C=O) groups is 5. The van der Waals surface area contributed by atoms with Crippen molar-refractivity contribution in [2.24, 2.45) is 16.7 Å². The normalized spacial score (nSPS) is 32.6. The van der Waals surface area contributed by atoms with E-state index in [1.54, 1.807) is 63.2 Å². The molecule has 1 amide bonds. The Kier molecular flexibility index (Phi) is 12.4. The largest absolute Gasteiger partial charge is 0.456 e. The molecule has 4 aliphatic rings. The smallest absolute Gasteiger partial charge is 0.408 e. The van der Waals surface area contributed by atoms with Gasteiger partial charge in [0, 0.05) is 31.8 Å². The molecule has 3 aliphatic carbocycles. The average molecular weight is 852 g/mol. The highest BCUT2D eigenvalue weighted by molar-refractivity contribution is 5.94. The van der Waals surface area contributed by atoms with Gasteiger partial charge in [-0.15, -0.1) is 0 Å². The van der Waals surface area contributed by atoms with Crippen molar-refractivity contribution in [3.63, 3.8) is 0 Å². The number of amides is 1. The quantitative estimate of drug-likeness (QED) is 0.114. The van der Waals surface area contributed by atoms with Gasteiger partial charge in [0.1, 0.15) is 35.6 Å². The molecule has 0 unspecified atom stereocenters. The molecule has 0 spiro atoms. The van der Waals surface area contributed by atoms with E-state index in [2.05, 4.69) is 5.32 Å². The second-order valence-corrected chi connectivity index (χ2v) is 18.4. The van der Waals surface area contributed by atoms with Crippen LogP contribution in [0.4, 0.5) is 4.79 Å². The molecule has 11 atom stereocenters. The van der Waals surface area contributed by atoms with Crippen molar-refractivity contribution in [2.45, 2.75) is 134 Å². The molecule has 2 bridgehead atoms. The highest BCUT2D eigenvalue weighted by Crippen LogP contribution is 2.64. The van der Waals surface area contributed by atoms with Crippen molar-refractivity contribution >= 4 is 29.8 Å². The minimum atomic E-state index is -2.38. The second kappa shape index (κ2) is 16.5. The molecule has 16 heteroatoms. The number of nitrogens with one attached hydrogen (secondary N) is 1. The molecule has 332 valence electrons. The van der Waals surface area contributed by atoms with E-state index in [1.807, 2.05) is 0 Å². The number of hydrogen-bond acceptors (Lipinski definition) is 15. The van der Waals surface area contributed by atoms with E-state index in [4.69, 9.17) is 23.7 Å². The van der Waals surface area contributed by atoms with Crippen LogP contribution < -0.4 is 5.32 Å². The number of hydrogen-bond donors (Lipinski definition) is 6. The van der Waals surface area contributed by atoms with Crippen LogP contribution in [-0.4, -0.2) is 122 Å². The van der Waals surface area contributed by atoms with Gasteiger partial charge in [0.05, 0.1) is 35.6 Å². The van der Waals surface area contributed by atoms with E-state index >= 15 is 4.79 Å². The minimum absolute atomic E-state index is 0.0683. The van der Waals surface area contributed by atoms with Crippen molar-refractivity contribution in [3.05, 3.63) is 82.4 Å². The van der Waals surface area contributed by atoms with Gasteiger partial charge in [0.2, 0.25) is 0 Å². The van der Waals surface area contributed by atoms with Gasteiger partial charge in [-0.25, -0.2) is 14.4 Å². The number of aliphatic hydroxyl groups is 5. The van der Waals surface area contributed by atoms with Gasteiger partial charge in [-0.3, -0.25) is 9.59 Å². The number of Topliss-reactive ketones (excluding diaryl/α,β-unsaturated/α-hetero) is 1. The number of fused-ring (bicyclic) bond motifs is 5. The number of esters is 3.